The number of hydrogen-bond donors (Lipinski definition) is 0. The second-order valence-electron chi connectivity index (χ2n) is 4.89. The molecule has 4 heteroatoms. The van der Waals surface area contributed by atoms with E-state index in [1.807, 2.05) is 24.3 Å². The molecule has 0 aromatic heterocycles. The summed E-state index contributed by atoms with van der Waals surface area (Å²) in [6.07, 6.45) is 4.63. The summed E-state index contributed by atoms with van der Waals surface area (Å²) in [5.41, 5.74) is 0. The van der Waals surface area contributed by atoms with Crippen molar-refractivity contribution in [2.45, 2.75) is 43.5 Å². The van der Waals surface area contributed by atoms with Crippen LogP contribution in [0.15, 0.2) is 29.2 Å². The van der Waals surface area contributed by atoms with Crippen molar-refractivity contribution in [1.82, 2.24) is 4.90 Å². The predicted octanol–water partition coefficient (Wildman–Crippen LogP) is 4.22. The predicted molar refractivity (Wildman–Crippen MR) is 81.8 cm³/mol. The van der Waals surface area contributed by atoms with Gasteiger partial charge in [-0.3, -0.25) is 4.79 Å². The molecule has 0 radical (unpaired) electrons. The van der Waals surface area contributed by atoms with Crippen LogP contribution in [0, 0.1) is 0 Å². The van der Waals surface area contributed by atoms with Crippen LogP contribution in [0.1, 0.15) is 32.6 Å². The number of rotatable bonds is 4. The Morgan fingerprint density at radius 1 is 1.37 bits per heavy atom. The monoisotopic (exact) mass is 297 g/mol. The highest BCUT2D eigenvalue weighted by Gasteiger charge is 2.24. The molecule has 0 unspecified atom stereocenters. The van der Waals surface area contributed by atoms with Crippen molar-refractivity contribution in [1.29, 1.82) is 0 Å². The molecule has 2 rings (SSSR count). The number of benzene rings is 1. The van der Waals surface area contributed by atoms with E-state index in [4.69, 9.17) is 11.6 Å². The second kappa shape index (κ2) is 7.20. The smallest absolute Gasteiger partial charge is 0.233 e. The molecule has 0 bridgehead atoms. The number of likely N-dealkylation sites (tertiary alicyclic amines) is 1. The van der Waals surface area contributed by atoms with Crippen LogP contribution in [0.25, 0.3) is 0 Å². The summed E-state index contributed by atoms with van der Waals surface area (Å²) in [4.78, 5) is 15.5. The highest BCUT2D eigenvalue weighted by molar-refractivity contribution is 8.00. The van der Waals surface area contributed by atoms with Gasteiger partial charge in [0, 0.05) is 22.5 Å². The van der Waals surface area contributed by atoms with Crippen LogP contribution in [0.2, 0.25) is 5.02 Å². The van der Waals surface area contributed by atoms with E-state index in [9.17, 15) is 4.79 Å². The Kier molecular flexibility index (Phi) is 5.59. The zero-order valence-corrected chi connectivity index (χ0v) is 12.8. The number of piperidine rings is 1. The molecule has 104 valence electrons. The quantitative estimate of drug-likeness (QED) is 0.775. The molecule has 0 aliphatic carbocycles. The van der Waals surface area contributed by atoms with Crippen molar-refractivity contribution in [3.63, 3.8) is 0 Å². The molecule has 1 aromatic rings. The van der Waals surface area contributed by atoms with Gasteiger partial charge in [-0.2, -0.15) is 0 Å². The number of thioether (sulfide) groups is 1. The minimum atomic E-state index is 0.270. The van der Waals surface area contributed by atoms with Gasteiger partial charge in [-0.25, -0.2) is 0 Å². The first kappa shape index (κ1) is 14.7. The highest BCUT2D eigenvalue weighted by atomic mass is 35.5. The zero-order chi connectivity index (χ0) is 13.7. The Morgan fingerprint density at radius 3 is 2.79 bits per heavy atom. The first-order valence-corrected chi connectivity index (χ1v) is 8.25. The van der Waals surface area contributed by atoms with Crippen molar-refractivity contribution >= 4 is 29.3 Å². The minimum Gasteiger partial charge on any atom is -0.339 e. The van der Waals surface area contributed by atoms with Crippen LogP contribution in [-0.4, -0.2) is 29.1 Å². The fraction of sp³-hybridized carbons (Fsp3) is 0.533. The third kappa shape index (κ3) is 4.15. The Hall–Kier alpha value is -0.670. The van der Waals surface area contributed by atoms with Gasteiger partial charge in [0.1, 0.15) is 0 Å². The van der Waals surface area contributed by atoms with Crippen LogP contribution in [0.4, 0.5) is 0 Å². The SMILES string of the molecule is CC[C@@H]1CCCCN1C(=O)CSc1ccc(Cl)cc1. The Bertz CT molecular complexity index is 421. The third-order valence-corrected chi connectivity index (χ3v) is 4.84. The van der Waals surface area contributed by atoms with Gasteiger partial charge in [0.05, 0.1) is 5.75 Å². The summed E-state index contributed by atoms with van der Waals surface area (Å²) in [6, 6.07) is 8.11. The normalized spacial score (nSPS) is 19.5. The summed E-state index contributed by atoms with van der Waals surface area (Å²) in [5.74, 6) is 0.796. The van der Waals surface area contributed by atoms with E-state index in [-0.39, 0.29) is 5.91 Å². The lowest BCUT2D eigenvalue weighted by molar-refractivity contribution is -0.132. The maximum atomic E-state index is 12.3. The molecule has 1 aliphatic heterocycles. The van der Waals surface area contributed by atoms with Crippen LogP contribution in [0.3, 0.4) is 0 Å². The van der Waals surface area contributed by atoms with Gasteiger partial charge in [-0.05, 0) is 49.9 Å². The first-order chi connectivity index (χ1) is 9.20. The number of hydrogen-bond acceptors (Lipinski definition) is 2. The molecular weight excluding hydrogens is 278 g/mol. The summed E-state index contributed by atoms with van der Waals surface area (Å²) in [5, 5.41) is 0.734. The van der Waals surface area contributed by atoms with Gasteiger partial charge < -0.3 is 4.90 Å². The number of halogens is 1. The summed E-state index contributed by atoms with van der Waals surface area (Å²) < 4.78 is 0. The molecule has 0 saturated carbocycles. The standard InChI is InChI=1S/C15H20ClNOS/c1-2-13-5-3-4-10-17(13)15(18)11-19-14-8-6-12(16)7-9-14/h6-9,13H,2-5,10-11H2,1H3/t13-/m1/s1. The average molecular weight is 298 g/mol. The van der Waals surface area contributed by atoms with Crippen LogP contribution in [0.5, 0.6) is 0 Å². The maximum absolute atomic E-state index is 12.3. The molecule has 1 heterocycles. The maximum Gasteiger partial charge on any atom is 0.233 e. The molecular formula is C15H20ClNOS. The first-order valence-electron chi connectivity index (χ1n) is 6.88. The largest absolute Gasteiger partial charge is 0.339 e. The number of carbonyl (C=O) groups is 1. The van der Waals surface area contributed by atoms with Crippen LogP contribution in [-0.2, 0) is 4.79 Å². The van der Waals surface area contributed by atoms with Crippen molar-refractivity contribution in [2.24, 2.45) is 0 Å². The third-order valence-electron chi connectivity index (χ3n) is 3.59. The summed E-state index contributed by atoms with van der Waals surface area (Å²) in [6.45, 7) is 3.10. The Morgan fingerprint density at radius 2 is 2.11 bits per heavy atom. The average Bonchev–Trinajstić information content (AvgIpc) is 2.46. The van der Waals surface area contributed by atoms with E-state index in [2.05, 4.69) is 11.8 Å². The van der Waals surface area contributed by atoms with Gasteiger partial charge in [-0.1, -0.05) is 18.5 Å². The van der Waals surface area contributed by atoms with Crippen molar-refractivity contribution in [3.8, 4) is 0 Å². The summed E-state index contributed by atoms with van der Waals surface area (Å²) in [7, 11) is 0. The molecule has 1 aromatic carbocycles. The molecule has 1 aliphatic rings. The van der Waals surface area contributed by atoms with E-state index >= 15 is 0 Å². The highest BCUT2D eigenvalue weighted by Crippen LogP contribution is 2.24. The van der Waals surface area contributed by atoms with Gasteiger partial charge in [-0.15, -0.1) is 11.8 Å². The Labute approximate surface area is 124 Å². The molecule has 1 saturated heterocycles. The zero-order valence-electron chi connectivity index (χ0n) is 11.3. The molecule has 1 fully saturated rings. The van der Waals surface area contributed by atoms with Crippen molar-refractivity contribution in [2.75, 3.05) is 12.3 Å². The Balaban J connectivity index is 1.87. The lowest BCUT2D eigenvalue weighted by atomic mass is 10.0. The van der Waals surface area contributed by atoms with E-state index in [0.29, 0.717) is 11.8 Å². The van der Waals surface area contributed by atoms with E-state index < -0.39 is 0 Å². The molecule has 1 amide bonds. The number of carbonyl (C=O) groups excluding carboxylic acids is 1. The molecule has 1 atom stereocenters. The molecule has 2 nitrogen and oxygen atoms in total. The van der Waals surface area contributed by atoms with Gasteiger partial charge in [0.25, 0.3) is 0 Å². The van der Waals surface area contributed by atoms with Gasteiger partial charge >= 0.3 is 0 Å². The van der Waals surface area contributed by atoms with E-state index in [0.717, 1.165) is 35.7 Å². The lowest BCUT2D eigenvalue weighted by Crippen LogP contribution is -2.44. The van der Waals surface area contributed by atoms with Gasteiger partial charge in [0.15, 0.2) is 0 Å². The number of nitrogens with zero attached hydrogens (tertiary/aromatic N) is 1. The lowest BCUT2D eigenvalue weighted by Gasteiger charge is -2.35. The van der Waals surface area contributed by atoms with Crippen LogP contribution < -0.4 is 0 Å². The van der Waals surface area contributed by atoms with Crippen LogP contribution >= 0.6 is 23.4 Å². The minimum absolute atomic E-state index is 0.270. The van der Waals surface area contributed by atoms with Crippen molar-refractivity contribution in [3.05, 3.63) is 29.3 Å². The van der Waals surface area contributed by atoms with Crippen molar-refractivity contribution < 1.29 is 4.79 Å². The molecule has 0 spiro atoms. The fourth-order valence-corrected chi connectivity index (χ4v) is 3.42. The molecule has 0 N–H and O–H groups in total. The topological polar surface area (TPSA) is 20.3 Å². The summed E-state index contributed by atoms with van der Waals surface area (Å²) >= 11 is 7.44. The second-order valence-corrected chi connectivity index (χ2v) is 6.37. The molecule has 19 heavy (non-hydrogen) atoms. The van der Waals surface area contributed by atoms with E-state index in [1.165, 1.54) is 6.42 Å². The van der Waals surface area contributed by atoms with E-state index in [1.54, 1.807) is 11.8 Å². The fourth-order valence-electron chi connectivity index (χ4n) is 2.51. The number of amides is 1. The van der Waals surface area contributed by atoms with Gasteiger partial charge in [0.2, 0.25) is 5.91 Å².